The molecule has 1 aromatic carbocycles. The third kappa shape index (κ3) is 1.22. The number of hydrogen-bond acceptors (Lipinski definition) is 5. The van der Waals surface area contributed by atoms with Crippen LogP contribution in [0.15, 0.2) is 18.2 Å². The highest BCUT2D eigenvalue weighted by atomic mass is 16.8. The van der Waals surface area contributed by atoms with Gasteiger partial charge in [-0.3, -0.25) is 10.1 Å². The quantitative estimate of drug-likeness (QED) is 0.454. The van der Waals surface area contributed by atoms with Gasteiger partial charge in [-0.25, -0.2) is 0 Å². The summed E-state index contributed by atoms with van der Waals surface area (Å²) in [6, 6.07) is 4.30. The molecule has 2 heterocycles. The van der Waals surface area contributed by atoms with Crippen molar-refractivity contribution in [3.8, 4) is 5.75 Å². The molecule has 1 N–H and O–H groups in total. The summed E-state index contributed by atoms with van der Waals surface area (Å²) in [5.41, 5.74) is -0.303. The maximum atomic E-state index is 10.7. The highest BCUT2D eigenvalue weighted by molar-refractivity contribution is 5.50. The van der Waals surface area contributed by atoms with Gasteiger partial charge < -0.3 is 14.6 Å². The third-order valence-electron chi connectivity index (χ3n) is 3.31. The molecular formula is C11H11NO5. The molecule has 0 amide bonds. The van der Waals surface area contributed by atoms with Gasteiger partial charge in [0.15, 0.2) is 5.60 Å². The Morgan fingerprint density at radius 1 is 1.47 bits per heavy atom. The number of nitrogens with zero attached hydrogens (tertiary/aromatic N) is 1. The predicted molar refractivity (Wildman–Crippen MR) is 56.6 cm³/mol. The van der Waals surface area contributed by atoms with Gasteiger partial charge in [-0.05, 0) is 19.9 Å². The molecule has 0 aliphatic carbocycles. The Kier molecular flexibility index (Phi) is 1.71. The minimum Gasteiger partial charge on any atom is -0.481 e. The summed E-state index contributed by atoms with van der Waals surface area (Å²) >= 11 is 0. The monoisotopic (exact) mass is 237 g/mol. The Balaban J connectivity index is 2.10. The number of nitro benzene ring substituents is 1. The van der Waals surface area contributed by atoms with Gasteiger partial charge in [-0.15, -0.1) is 0 Å². The van der Waals surface area contributed by atoms with Crippen LogP contribution in [0, 0.1) is 10.1 Å². The maximum Gasteiger partial charge on any atom is 0.273 e. The molecule has 0 radical (unpaired) electrons. The van der Waals surface area contributed by atoms with E-state index in [1.54, 1.807) is 19.9 Å². The van der Waals surface area contributed by atoms with E-state index >= 15 is 0 Å². The molecule has 90 valence electrons. The molecule has 6 heteroatoms. The zero-order valence-electron chi connectivity index (χ0n) is 9.34. The van der Waals surface area contributed by atoms with Gasteiger partial charge in [-0.2, -0.15) is 0 Å². The van der Waals surface area contributed by atoms with Crippen LogP contribution in [0.3, 0.4) is 0 Å². The van der Waals surface area contributed by atoms with Gasteiger partial charge in [0, 0.05) is 11.6 Å². The highest BCUT2D eigenvalue weighted by Gasteiger charge is 2.70. The van der Waals surface area contributed by atoms with Gasteiger partial charge in [0.05, 0.1) is 11.0 Å². The second-order valence-corrected chi connectivity index (χ2v) is 4.79. The number of rotatable bonds is 1. The van der Waals surface area contributed by atoms with E-state index in [-0.39, 0.29) is 5.69 Å². The molecule has 3 rings (SSSR count). The third-order valence-corrected chi connectivity index (χ3v) is 3.31. The van der Waals surface area contributed by atoms with Crippen LogP contribution in [0.5, 0.6) is 5.75 Å². The van der Waals surface area contributed by atoms with E-state index in [9.17, 15) is 15.2 Å². The Hall–Kier alpha value is -1.66. The highest BCUT2D eigenvalue weighted by Crippen LogP contribution is 2.60. The van der Waals surface area contributed by atoms with Crippen LogP contribution in [0.2, 0.25) is 0 Å². The molecule has 2 aliphatic heterocycles. The SMILES string of the molecule is CC1(C)Oc2cc([N+](=O)[O-])ccc2C2OC21O. The average Bonchev–Trinajstić information content (AvgIpc) is 2.91. The van der Waals surface area contributed by atoms with E-state index in [1.165, 1.54) is 12.1 Å². The van der Waals surface area contributed by atoms with E-state index in [0.717, 1.165) is 0 Å². The summed E-state index contributed by atoms with van der Waals surface area (Å²) in [5.74, 6) is -0.924. The van der Waals surface area contributed by atoms with E-state index in [4.69, 9.17) is 9.47 Å². The molecule has 0 bridgehead atoms. The van der Waals surface area contributed by atoms with Crippen LogP contribution in [0.25, 0.3) is 0 Å². The van der Waals surface area contributed by atoms with Gasteiger partial charge in [-0.1, -0.05) is 0 Å². The van der Waals surface area contributed by atoms with E-state index < -0.39 is 22.4 Å². The van der Waals surface area contributed by atoms with E-state index in [1.807, 2.05) is 0 Å². The molecule has 2 unspecified atom stereocenters. The molecular weight excluding hydrogens is 226 g/mol. The van der Waals surface area contributed by atoms with Crippen LogP contribution in [-0.4, -0.2) is 21.4 Å². The van der Waals surface area contributed by atoms with Crippen molar-refractivity contribution in [2.24, 2.45) is 0 Å². The number of nitro groups is 1. The van der Waals surface area contributed by atoms with Crippen molar-refractivity contribution in [1.29, 1.82) is 0 Å². The fourth-order valence-corrected chi connectivity index (χ4v) is 2.17. The fourth-order valence-electron chi connectivity index (χ4n) is 2.17. The molecule has 2 atom stereocenters. The zero-order valence-corrected chi connectivity index (χ0v) is 9.34. The topological polar surface area (TPSA) is 85.1 Å². The number of non-ortho nitro benzene ring substituents is 1. The molecule has 17 heavy (non-hydrogen) atoms. The molecule has 2 aliphatic rings. The van der Waals surface area contributed by atoms with E-state index in [2.05, 4.69) is 0 Å². The minimum atomic E-state index is -1.32. The van der Waals surface area contributed by atoms with Gasteiger partial charge in [0.2, 0.25) is 5.79 Å². The molecule has 1 fully saturated rings. The first-order chi connectivity index (χ1) is 7.85. The molecule has 1 saturated heterocycles. The largest absolute Gasteiger partial charge is 0.481 e. The lowest BCUT2D eigenvalue weighted by molar-refractivity contribution is -0.385. The zero-order chi connectivity index (χ0) is 12.4. The standard InChI is InChI=1S/C11H11NO5/c1-10(2)11(13)9(17-11)7-4-3-6(12(14)15)5-8(7)16-10/h3-5,9,13H,1-2H3. The molecule has 0 aromatic heterocycles. The summed E-state index contributed by atoms with van der Waals surface area (Å²) < 4.78 is 10.9. The number of hydrogen-bond donors (Lipinski definition) is 1. The summed E-state index contributed by atoms with van der Waals surface area (Å²) in [6.07, 6.45) is -0.456. The molecule has 6 nitrogen and oxygen atoms in total. The summed E-state index contributed by atoms with van der Waals surface area (Å²) in [6.45, 7) is 3.38. The number of benzene rings is 1. The number of fused-ring (bicyclic) bond motifs is 3. The van der Waals surface area contributed by atoms with Crippen molar-refractivity contribution in [2.45, 2.75) is 31.3 Å². The average molecular weight is 237 g/mol. The molecule has 1 aromatic rings. The van der Waals surface area contributed by atoms with Crippen LogP contribution >= 0.6 is 0 Å². The summed E-state index contributed by atoms with van der Waals surface area (Å²) in [7, 11) is 0. The summed E-state index contributed by atoms with van der Waals surface area (Å²) in [5, 5.41) is 20.8. The normalized spacial score (nSPS) is 32.1. The Bertz CT molecular complexity index is 527. The maximum absolute atomic E-state index is 10.7. The van der Waals surface area contributed by atoms with Crippen molar-refractivity contribution >= 4 is 5.69 Å². The van der Waals surface area contributed by atoms with Crippen LogP contribution < -0.4 is 4.74 Å². The number of aliphatic hydroxyl groups is 1. The van der Waals surface area contributed by atoms with Crippen molar-refractivity contribution in [3.63, 3.8) is 0 Å². The predicted octanol–water partition coefficient (Wildman–Crippen LogP) is 1.53. The van der Waals surface area contributed by atoms with Crippen molar-refractivity contribution in [2.75, 3.05) is 0 Å². The molecule has 0 saturated carbocycles. The summed E-state index contributed by atoms with van der Waals surface area (Å²) in [4.78, 5) is 10.2. The van der Waals surface area contributed by atoms with Crippen LogP contribution in [-0.2, 0) is 4.74 Å². The van der Waals surface area contributed by atoms with Crippen LogP contribution in [0.4, 0.5) is 5.69 Å². The van der Waals surface area contributed by atoms with Gasteiger partial charge in [0.1, 0.15) is 11.9 Å². The lowest BCUT2D eigenvalue weighted by atomic mass is 9.91. The minimum absolute atomic E-state index is 0.0364. The van der Waals surface area contributed by atoms with E-state index in [0.29, 0.717) is 11.3 Å². The Labute approximate surface area is 96.9 Å². The lowest BCUT2D eigenvalue weighted by Gasteiger charge is -2.33. The fraction of sp³-hybridized carbons (Fsp3) is 0.455. The number of epoxide rings is 1. The van der Waals surface area contributed by atoms with Crippen LogP contribution in [0.1, 0.15) is 25.5 Å². The second-order valence-electron chi connectivity index (χ2n) is 4.79. The number of ether oxygens (including phenoxy) is 2. The van der Waals surface area contributed by atoms with Gasteiger partial charge >= 0.3 is 0 Å². The first kappa shape index (κ1) is 10.5. The second kappa shape index (κ2) is 2.77. The Morgan fingerprint density at radius 3 is 2.82 bits per heavy atom. The first-order valence-corrected chi connectivity index (χ1v) is 5.23. The lowest BCUT2D eigenvalue weighted by Crippen LogP contribution is -2.47. The van der Waals surface area contributed by atoms with Gasteiger partial charge in [0.25, 0.3) is 5.69 Å². The smallest absolute Gasteiger partial charge is 0.273 e. The molecule has 0 spiro atoms. The van der Waals surface area contributed by atoms with Crippen molar-refractivity contribution in [1.82, 2.24) is 0 Å². The Morgan fingerprint density at radius 2 is 2.18 bits per heavy atom. The first-order valence-electron chi connectivity index (χ1n) is 5.23. The van der Waals surface area contributed by atoms with Crippen molar-refractivity contribution < 1.29 is 19.5 Å². The van der Waals surface area contributed by atoms with Crippen molar-refractivity contribution in [3.05, 3.63) is 33.9 Å².